The minimum absolute atomic E-state index is 0.139. The molecule has 3 N–H and O–H groups in total. The summed E-state index contributed by atoms with van der Waals surface area (Å²) in [6.07, 6.45) is 3.67. The average Bonchev–Trinajstić information content (AvgIpc) is 3.46. The number of aliphatic hydroxyl groups excluding tert-OH is 2. The Balaban J connectivity index is 1.41. The van der Waals surface area contributed by atoms with Gasteiger partial charge in [0.1, 0.15) is 11.9 Å². The molecule has 178 valence electrons. The Morgan fingerprint density at radius 2 is 2.18 bits per heavy atom. The Morgan fingerprint density at radius 3 is 2.91 bits per heavy atom. The van der Waals surface area contributed by atoms with Gasteiger partial charge in [-0.3, -0.25) is 0 Å². The van der Waals surface area contributed by atoms with Crippen molar-refractivity contribution in [2.24, 2.45) is 11.8 Å². The Bertz CT molecular complexity index is 995. The van der Waals surface area contributed by atoms with Crippen LogP contribution in [0.4, 0.5) is 8.78 Å². The van der Waals surface area contributed by atoms with E-state index < -0.39 is 36.1 Å². The maximum atomic E-state index is 15.2. The second-order valence-electron chi connectivity index (χ2n) is 9.07. The first-order chi connectivity index (χ1) is 15.8. The van der Waals surface area contributed by atoms with Gasteiger partial charge in [-0.15, -0.1) is 5.10 Å². The molecule has 33 heavy (non-hydrogen) atoms. The number of rotatable bonds is 8. The molecule has 0 bridgehead atoms. The molecule has 6 atom stereocenters. The SMILES string of the molecule is Cc1cccc([C@@H](C)[C@H](O)/C=C/[C@@H]2[C@@H]3[C@H](C[C@H]2O)O/C(=C\CCCc2nnn[nH]2)C3(F)F)c1. The number of hydrogen-bond donors (Lipinski definition) is 3. The van der Waals surface area contributed by atoms with Crippen molar-refractivity contribution >= 4 is 0 Å². The fourth-order valence-corrected chi connectivity index (χ4v) is 4.81. The Morgan fingerprint density at radius 1 is 1.36 bits per heavy atom. The average molecular weight is 461 g/mol. The number of aromatic nitrogens is 4. The van der Waals surface area contributed by atoms with Gasteiger partial charge >= 0.3 is 5.92 Å². The fraction of sp³-hybridized carbons (Fsp3) is 0.542. The number of aryl methyl sites for hydroxylation is 2. The van der Waals surface area contributed by atoms with E-state index in [-0.39, 0.29) is 18.1 Å². The molecule has 2 aliphatic rings. The van der Waals surface area contributed by atoms with Crippen LogP contribution in [-0.4, -0.2) is 55.1 Å². The van der Waals surface area contributed by atoms with E-state index in [1.807, 2.05) is 38.1 Å². The number of halogens is 2. The zero-order chi connectivity index (χ0) is 23.6. The standard InChI is InChI=1S/C24H30F2N4O3/c1-14-6-5-7-16(12-14)15(2)18(31)11-10-17-19(32)13-20-23(17)24(25,26)21(33-20)8-3-4-9-22-27-29-30-28-22/h5-8,10-12,15,17-20,23,31-32H,3-4,9,13H2,1-2H3,(H,27,28,29,30)/b11-10+,21-8-/t15-,17+,18-,19-,20+,23-/m1/s1. The second-order valence-corrected chi connectivity index (χ2v) is 9.07. The smallest absolute Gasteiger partial charge is 0.310 e. The highest BCUT2D eigenvalue weighted by atomic mass is 19.3. The first kappa shape index (κ1) is 23.5. The van der Waals surface area contributed by atoms with Crippen LogP contribution < -0.4 is 0 Å². The van der Waals surface area contributed by atoms with E-state index in [1.54, 1.807) is 6.08 Å². The van der Waals surface area contributed by atoms with Crippen LogP contribution >= 0.6 is 0 Å². The molecule has 7 nitrogen and oxygen atoms in total. The maximum absolute atomic E-state index is 15.2. The highest BCUT2D eigenvalue weighted by Gasteiger charge is 2.63. The first-order valence-corrected chi connectivity index (χ1v) is 11.4. The predicted octanol–water partition coefficient (Wildman–Crippen LogP) is 3.47. The summed E-state index contributed by atoms with van der Waals surface area (Å²) in [5, 5.41) is 34.5. The molecule has 0 unspecified atom stereocenters. The van der Waals surface area contributed by atoms with Crippen LogP contribution in [0.3, 0.4) is 0 Å². The summed E-state index contributed by atoms with van der Waals surface area (Å²) >= 11 is 0. The minimum atomic E-state index is -3.18. The molecule has 9 heteroatoms. The van der Waals surface area contributed by atoms with Crippen molar-refractivity contribution < 1.29 is 23.7 Å². The fourth-order valence-electron chi connectivity index (χ4n) is 4.81. The number of unbranched alkanes of at least 4 members (excludes halogenated alkanes) is 1. The number of allylic oxidation sites excluding steroid dienone is 2. The third-order valence-corrected chi connectivity index (χ3v) is 6.71. The normalized spacial score (nSPS) is 29.3. The maximum Gasteiger partial charge on any atom is 0.310 e. The van der Waals surface area contributed by atoms with E-state index in [0.29, 0.717) is 25.1 Å². The quantitative estimate of drug-likeness (QED) is 0.412. The van der Waals surface area contributed by atoms with Crippen LogP contribution in [0.2, 0.25) is 0 Å². The van der Waals surface area contributed by atoms with E-state index in [9.17, 15) is 10.2 Å². The Labute approximate surface area is 191 Å². The lowest BCUT2D eigenvalue weighted by atomic mass is 9.86. The molecule has 1 saturated carbocycles. The van der Waals surface area contributed by atoms with Gasteiger partial charge in [-0.1, -0.05) is 48.9 Å². The molecule has 4 rings (SSSR count). The largest absolute Gasteiger partial charge is 0.488 e. The monoisotopic (exact) mass is 460 g/mol. The molecule has 1 aromatic carbocycles. The number of aliphatic hydroxyl groups is 2. The molecule has 2 heterocycles. The molecule has 1 aliphatic heterocycles. The van der Waals surface area contributed by atoms with Crippen molar-refractivity contribution in [3.8, 4) is 0 Å². The predicted molar refractivity (Wildman–Crippen MR) is 117 cm³/mol. The molecule has 0 spiro atoms. The van der Waals surface area contributed by atoms with Crippen molar-refractivity contribution in [1.82, 2.24) is 20.6 Å². The zero-order valence-electron chi connectivity index (χ0n) is 18.7. The van der Waals surface area contributed by atoms with Crippen molar-refractivity contribution in [3.05, 3.63) is 65.2 Å². The van der Waals surface area contributed by atoms with Crippen molar-refractivity contribution in [2.75, 3.05) is 0 Å². The highest BCUT2D eigenvalue weighted by molar-refractivity contribution is 5.27. The van der Waals surface area contributed by atoms with E-state index in [4.69, 9.17) is 4.74 Å². The van der Waals surface area contributed by atoms with Gasteiger partial charge in [0.15, 0.2) is 5.76 Å². The zero-order valence-corrected chi connectivity index (χ0v) is 18.7. The number of benzene rings is 1. The number of tetrazole rings is 1. The topological polar surface area (TPSA) is 104 Å². The summed E-state index contributed by atoms with van der Waals surface area (Å²) in [4.78, 5) is 0. The van der Waals surface area contributed by atoms with Crippen molar-refractivity contribution in [2.45, 2.75) is 69.7 Å². The van der Waals surface area contributed by atoms with Crippen LogP contribution in [0, 0.1) is 18.8 Å². The lowest BCUT2D eigenvalue weighted by Gasteiger charge is -2.23. The molecule has 1 aliphatic carbocycles. The summed E-state index contributed by atoms with van der Waals surface area (Å²) in [6, 6.07) is 7.84. The van der Waals surface area contributed by atoms with Crippen molar-refractivity contribution in [1.29, 1.82) is 0 Å². The Hall–Kier alpha value is -2.65. The third-order valence-electron chi connectivity index (χ3n) is 6.71. The van der Waals surface area contributed by atoms with E-state index in [2.05, 4.69) is 20.6 Å². The number of nitrogens with one attached hydrogen (secondary N) is 1. The minimum Gasteiger partial charge on any atom is -0.488 e. The molecule has 1 aromatic heterocycles. The highest BCUT2D eigenvalue weighted by Crippen LogP contribution is 2.54. The van der Waals surface area contributed by atoms with Gasteiger partial charge < -0.3 is 14.9 Å². The molecule has 2 aromatic rings. The Kier molecular flexibility index (Phi) is 6.90. The number of nitrogens with zero attached hydrogens (tertiary/aromatic N) is 3. The van der Waals surface area contributed by atoms with Crippen LogP contribution in [0.1, 0.15) is 49.1 Å². The van der Waals surface area contributed by atoms with Gasteiger partial charge in [0.05, 0.1) is 18.1 Å². The van der Waals surface area contributed by atoms with Gasteiger partial charge in [-0.2, -0.15) is 8.78 Å². The number of aromatic amines is 1. The van der Waals surface area contributed by atoms with Crippen LogP contribution in [-0.2, 0) is 11.2 Å². The second kappa shape index (κ2) is 9.69. The van der Waals surface area contributed by atoms with Crippen LogP contribution in [0.25, 0.3) is 0 Å². The molecular weight excluding hydrogens is 430 g/mol. The number of fused-ring (bicyclic) bond motifs is 1. The molecule has 1 saturated heterocycles. The number of alkyl halides is 2. The summed E-state index contributed by atoms with van der Waals surface area (Å²) < 4.78 is 36.1. The molecule has 0 radical (unpaired) electrons. The van der Waals surface area contributed by atoms with Crippen molar-refractivity contribution in [3.63, 3.8) is 0 Å². The number of ether oxygens (including phenoxy) is 1. The molecular formula is C24H30F2N4O3. The third kappa shape index (κ3) is 4.99. The lowest BCUT2D eigenvalue weighted by molar-refractivity contribution is -0.0273. The van der Waals surface area contributed by atoms with Gasteiger partial charge in [-0.25, -0.2) is 5.10 Å². The van der Waals surface area contributed by atoms with E-state index in [1.165, 1.54) is 12.2 Å². The summed E-state index contributed by atoms with van der Waals surface area (Å²) in [5.41, 5.74) is 2.06. The van der Waals surface area contributed by atoms with Crippen LogP contribution in [0.5, 0.6) is 0 Å². The summed E-state index contributed by atoms with van der Waals surface area (Å²) in [6.45, 7) is 3.87. The summed E-state index contributed by atoms with van der Waals surface area (Å²) in [7, 11) is 0. The van der Waals surface area contributed by atoms with E-state index in [0.717, 1.165) is 11.1 Å². The lowest BCUT2D eigenvalue weighted by Crippen LogP contribution is -2.33. The number of hydrogen-bond acceptors (Lipinski definition) is 6. The molecule has 0 amide bonds. The van der Waals surface area contributed by atoms with Gasteiger partial charge in [0.25, 0.3) is 0 Å². The van der Waals surface area contributed by atoms with Crippen LogP contribution in [0.15, 0.2) is 48.3 Å². The number of H-pyrrole nitrogens is 1. The molecule has 2 fully saturated rings. The van der Waals surface area contributed by atoms with E-state index >= 15 is 8.78 Å². The van der Waals surface area contributed by atoms with Gasteiger partial charge in [0.2, 0.25) is 0 Å². The first-order valence-electron chi connectivity index (χ1n) is 11.4. The van der Waals surface area contributed by atoms with Gasteiger partial charge in [-0.05, 0) is 41.8 Å². The van der Waals surface area contributed by atoms with Gasteiger partial charge in [0, 0.05) is 24.7 Å². The summed E-state index contributed by atoms with van der Waals surface area (Å²) in [5.74, 6) is -5.06.